The van der Waals surface area contributed by atoms with Gasteiger partial charge >= 0.3 is 5.97 Å². The number of amides is 1. The number of thiazole rings is 1. The summed E-state index contributed by atoms with van der Waals surface area (Å²) < 4.78 is 10.5. The molecule has 0 radical (unpaired) electrons. The smallest absolute Gasteiger partial charge is 0.311 e. The second kappa shape index (κ2) is 10.0. The quantitative estimate of drug-likeness (QED) is 0.456. The van der Waals surface area contributed by atoms with Crippen LogP contribution in [0.3, 0.4) is 0 Å². The van der Waals surface area contributed by atoms with E-state index in [1.165, 1.54) is 4.88 Å². The average molecular weight is 481 g/mol. The Labute approximate surface area is 201 Å². The number of rotatable bonds is 7. The standard InChI is InChI=1S/C25H40N2O5S/c1-14(22(29)26-10-11-31-7)16-8-9-25(6)12-17-20(15(2)19(25)21(16)28)27-18(33-17)13-32-23(30)24(3,4)5/h14-16,19,21,28H,8-13H2,1-7H3,(H,26,29)/t14-,15+,16-,19+,21-,25+/m0/s1. The van der Waals surface area contributed by atoms with Crippen LogP contribution >= 0.6 is 11.3 Å². The third-order valence-corrected chi connectivity index (χ3v) is 8.61. The van der Waals surface area contributed by atoms with E-state index in [4.69, 9.17) is 14.5 Å². The SMILES string of the molecule is COCCNC(=O)[C@@H](C)[C@@H]1CC[C@]2(C)Cc3sc(COC(=O)C(C)(C)C)nc3[C@H](C)[C@@H]2[C@H]1O. The highest BCUT2D eigenvalue weighted by atomic mass is 32.1. The van der Waals surface area contributed by atoms with Crippen LogP contribution in [-0.4, -0.2) is 48.3 Å². The summed E-state index contributed by atoms with van der Waals surface area (Å²) >= 11 is 1.62. The first-order valence-electron chi connectivity index (χ1n) is 12.0. The van der Waals surface area contributed by atoms with Crippen LogP contribution in [0.15, 0.2) is 0 Å². The summed E-state index contributed by atoms with van der Waals surface area (Å²) in [7, 11) is 1.61. The molecular formula is C25H40N2O5S. The minimum Gasteiger partial charge on any atom is -0.458 e. The largest absolute Gasteiger partial charge is 0.458 e. The van der Waals surface area contributed by atoms with Crippen molar-refractivity contribution in [2.45, 2.75) is 79.4 Å². The summed E-state index contributed by atoms with van der Waals surface area (Å²) in [5, 5.41) is 15.2. The zero-order valence-electron chi connectivity index (χ0n) is 21.1. The second-order valence-corrected chi connectivity index (χ2v) is 12.3. The highest BCUT2D eigenvalue weighted by Gasteiger charge is 2.53. The van der Waals surface area contributed by atoms with Crippen molar-refractivity contribution in [1.29, 1.82) is 0 Å². The van der Waals surface area contributed by atoms with Crippen LogP contribution in [0.4, 0.5) is 0 Å². The molecule has 0 spiro atoms. The summed E-state index contributed by atoms with van der Waals surface area (Å²) in [6.45, 7) is 13.0. The Bertz CT molecular complexity index is 863. The molecule has 0 saturated heterocycles. The number of aliphatic hydroxyl groups excluding tert-OH is 1. The Morgan fingerprint density at radius 1 is 1.36 bits per heavy atom. The molecule has 7 nitrogen and oxygen atoms in total. The number of ether oxygens (including phenoxy) is 2. The van der Waals surface area contributed by atoms with Crippen molar-refractivity contribution in [3.63, 3.8) is 0 Å². The molecule has 2 aliphatic carbocycles. The maximum absolute atomic E-state index is 12.7. The average Bonchev–Trinajstić information content (AvgIpc) is 3.13. The van der Waals surface area contributed by atoms with E-state index in [2.05, 4.69) is 19.2 Å². The minimum absolute atomic E-state index is 0.0273. The van der Waals surface area contributed by atoms with Gasteiger partial charge in [0, 0.05) is 30.4 Å². The van der Waals surface area contributed by atoms with Gasteiger partial charge in [0.2, 0.25) is 5.91 Å². The number of aromatic nitrogens is 1. The molecule has 1 aromatic rings. The highest BCUT2D eigenvalue weighted by Crippen LogP contribution is 2.57. The van der Waals surface area contributed by atoms with Crippen molar-refractivity contribution in [3.8, 4) is 0 Å². The van der Waals surface area contributed by atoms with Crippen molar-refractivity contribution < 1.29 is 24.2 Å². The fraction of sp³-hybridized carbons (Fsp3) is 0.800. The lowest BCUT2D eigenvalue weighted by Gasteiger charge is -2.53. The third-order valence-electron chi connectivity index (χ3n) is 7.57. The number of esters is 1. The first-order chi connectivity index (χ1) is 15.4. The van der Waals surface area contributed by atoms with Crippen LogP contribution < -0.4 is 5.32 Å². The van der Waals surface area contributed by atoms with Crippen LogP contribution in [0.1, 0.15) is 75.9 Å². The van der Waals surface area contributed by atoms with Crippen molar-refractivity contribution in [2.24, 2.45) is 28.6 Å². The number of methoxy groups -OCH3 is 1. The van der Waals surface area contributed by atoms with Gasteiger partial charge in [0.1, 0.15) is 11.6 Å². The van der Waals surface area contributed by atoms with Crippen LogP contribution in [0.5, 0.6) is 0 Å². The Morgan fingerprint density at radius 2 is 2.06 bits per heavy atom. The number of nitrogens with zero attached hydrogens (tertiary/aromatic N) is 1. The number of carbonyl (C=O) groups excluding carboxylic acids is 2. The Balaban J connectivity index is 1.74. The molecule has 1 fully saturated rings. The minimum atomic E-state index is -0.570. The van der Waals surface area contributed by atoms with Gasteiger partial charge < -0.3 is 19.9 Å². The molecule has 1 aromatic heterocycles. The van der Waals surface area contributed by atoms with E-state index in [0.717, 1.165) is 30.0 Å². The highest BCUT2D eigenvalue weighted by molar-refractivity contribution is 7.11. The topological polar surface area (TPSA) is 97.8 Å². The fourth-order valence-corrected chi connectivity index (χ4v) is 6.92. The van der Waals surface area contributed by atoms with Gasteiger partial charge in [-0.05, 0) is 57.3 Å². The van der Waals surface area contributed by atoms with Gasteiger partial charge in [0.25, 0.3) is 0 Å². The van der Waals surface area contributed by atoms with E-state index in [1.807, 2.05) is 27.7 Å². The van der Waals surface area contributed by atoms with Gasteiger partial charge in [-0.2, -0.15) is 0 Å². The van der Waals surface area contributed by atoms with E-state index in [9.17, 15) is 14.7 Å². The lowest BCUT2D eigenvalue weighted by Crippen LogP contribution is -2.53. The van der Waals surface area contributed by atoms with E-state index in [-0.39, 0.29) is 47.6 Å². The summed E-state index contributed by atoms with van der Waals surface area (Å²) in [6.07, 6.45) is 2.08. The van der Waals surface area contributed by atoms with E-state index in [1.54, 1.807) is 18.4 Å². The molecule has 2 N–H and O–H groups in total. The number of carbonyl (C=O) groups is 2. The molecule has 2 aliphatic rings. The molecule has 1 heterocycles. The molecular weight excluding hydrogens is 440 g/mol. The third kappa shape index (κ3) is 5.43. The number of hydrogen-bond acceptors (Lipinski definition) is 7. The predicted octanol–water partition coefficient (Wildman–Crippen LogP) is 3.68. The van der Waals surface area contributed by atoms with Gasteiger partial charge in [-0.15, -0.1) is 11.3 Å². The first-order valence-corrected chi connectivity index (χ1v) is 12.8. The van der Waals surface area contributed by atoms with Crippen LogP contribution in [0.25, 0.3) is 0 Å². The van der Waals surface area contributed by atoms with Crippen molar-refractivity contribution in [1.82, 2.24) is 10.3 Å². The van der Waals surface area contributed by atoms with Crippen LogP contribution in [-0.2, 0) is 32.1 Å². The molecule has 6 atom stereocenters. The van der Waals surface area contributed by atoms with Gasteiger partial charge in [-0.25, -0.2) is 4.98 Å². The number of hydrogen-bond donors (Lipinski definition) is 2. The van der Waals surface area contributed by atoms with Crippen LogP contribution in [0.2, 0.25) is 0 Å². The summed E-state index contributed by atoms with van der Waals surface area (Å²) in [4.78, 5) is 30.9. The maximum atomic E-state index is 12.7. The maximum Gasteiger partial charge on any atom is 0.311 e. The second-order valence-electron chi connectivity index (χ2n) is 11.2. The molecule has 1 saturated carbocycles. The Kier molecular flexibility index (Phi) is 7.91. The van der Waals surface area contributed by atoms with Crippen LogP contribution in [0, 0.1) is 28.6 Å². The van der Waals surface area contributed by atoms with E-state index < -0.39 is 11.5 Å². The van der Waals surface area contributed by atoms with Gasteiger partial charge in [0.15, 0.2) is 0 Å². The molecule has 0 aromatic carbocycles. The monoisotopic (exact) mass is 480 g/mol. The summed E-state index contributed by atoms with van der Waals surface area (Å²) in [6, 6.07) is 0. The predicted molar refractivity (Wildman–Crippen MR) is 128 cm³/mol. The summed E-state index contributed by atoms with van der Waals surface area (Å²) in [5.74, 6) is -0.507. The normalized spacial score (nSPS) is 30.2. The van der Waals surface area contributed by atoms with Gasteiger partial charge in [0.05, 0.1) is 23.8 Å². The van der Waals surface area contributed by atoms with E-state index in [0.29, 0.717) is 13.2 Å². The molecule has 0 unspecified atom stereocenters. The van der Waals surface area contributed by atoms with E-state index >= 15 is 0 Å². The van der Waals surface area contributed by atoms with Crippen molar-refractivity contribution >= 4 is 23.2 Å². The summed E-state index contributed by atoms with van der Waals surface area (Å²) in [5.41, 5.74) is 0.430. The molecule has 8 heteroatoms. The van der Waals surface area contributed by atoms with Crippen molar-refractivity contribution in [3.05, 3.63) is 15.6 Å². The first kappa shape index (κ1) is 26.1. The number of fused-ring (bicyclic) bond motifs is 2. The number of aliphatic hydroxyl groups is 1. The zero-order valence-corrected chi connectivity index (χ0v) is 21.9. The lowest BCUT2D eigenvalue weighted by molar-refractivity contribution is -0.154. The Morgan fingerprint density at radius 3 is 2.70 bits per heavy atom. The molecule has 0 bridgehead atoms. The van der Waals surface area contributed by atoms with Gasteiger partial charge in [-0.3, -0.25) is 9.59 Å². The molecule has 0 aliphatic heterocycles. The molecule has 1 amide bonds. The lowest BCUT2D eigenvalue weighted by atomic mass is 9.53. The van der Waals surface area contributed by atoms with Crippen molar-refractivity contribution in [2.75, 3.05) is 20.3 Å². The molecule has 186 valence electrons. The zero-order chi connectivity index (χ0) is 24.6. The number of nitrogens with one attached hydrogen (secondary N) is 1. The molecule has 33 heavy (non-hydrogen) atoms. The molecule has 3 rings (SSSR count). The van der Waals surface area contributed by atoms with Gasteiger partial charge in [-0.1, -0.05) is 20.8 Å². The Hall–Kier alpha value is -1.51. The fourth-order valence-electron chi connectivity index (χ4n) is 5.63.